The molecule has 3 heterocycles. The van der Waals surface area contributed by atoms with Gasteiger partial charge in [0.15, 0.2) is 0 Å². The van der Waals surface area contributed by atoms with Gasteiger partial charge in [0.05, 0.1) is 24.1 Å². The molecule has 1 atom stereocenters. The number of nitrogens with zero attached hydrogens (tertiary/aromatic N) is 3. The number of amides is 1. The topological polar surface area (TPSA) is 83.1 Å². The van der Waals surface area contributed by atoms with Crippen molar-refractivity contribution in [1.82, 2.24) is 25.4 Å². The number of nitrogens with one attached hydrogen (secondary N) is 2. The molecule has 0 saturated carbocycles. The maximum absolute atomic E-state index is 12.5. The Balaban J connectivity index is 1.42. The Morgan fingerprint density at radius 3 is 3.00 bits per heavy atom. The van der Waals surface area contributed by atoms with Gasteiger partial charge in [-0.05, 0) is 48.2 Å². The minimum Gasteiger partial charge on any atom is -0.383 e. The molecular weight excluding hydrogens is 390 g/mol. The summed E-state index contributed by atoms with van der Waals surface area (Å²) in [5.41, 5.74) is 5.17. The summed E-state index contributed by atoms with van der Waals surface area (Å²) in [6.07, 6.45) is 7.47. The Morgan fingerprint density at radius 2 is 2.16 bits per heavy atom. The van der Waals surface area contributed by atoms with Gasteiger partial charge in [-0.2, -0.15) is 5.10 Å². The predicted molar refractivity (Wildman–Crippen MR) is 120 cm³/mol. The highest BCUT2D eigenvalue weighted by Gasteiger charge is 2.26. The van der Waals surface area contributed by atoms with Crippen molar-refractivity contribution in [1.29, 1.82) is 0 Å². The van der Waals surface area contributed by atoms with Gasteiger partial charge in [0, 0.05) is 45.1 Å². The maximum atomic E-state index is 12.5. The molecule has 2 aromatic heterocycles. The number of rotatable bonds is 8. The van der Waals surface area contributed by atoms with Gasteiger partial charge in [0.1, 0.15) is 0 Å². The highest BCUT2D eigenvalue weighted by atomic mass is 16.5. The summed E-state index contributed by atoms with van der Waals surface area (Å²) >= 11 is 0. The van der Waals surface area contributed by atoms with E-state index in [2.05, 4.69) is 55.7 Å². The normalized spacial score (nSPS) is 16.9. The maximum Gasteiger partial charge on any atom is 0.254 e. The number of benzene rings is 1. The molecule has 1 fully saturated rings. The van der Waals surface area contributed by atoms with Crippen molar-refractivity contribution in [2.24, 2.45) is 0 Å². The third-order valence-electron chi connectivity index (χ3n) is 5.75. The van der Waals surface area contributed by atoms with Gasteiger partial charge in [-0.1, -0.05) is 24.3 Å². The van der Waals surface area contributed by atoms with Crippen LogP contribution in [0.1, 0.15) is 40.4 Å². The van der Waals surface area contributed by atoms with E-state index in [-0.39, 0.29) is 11.8 Å². The molecule has 1 unspecified atom stereocenters. The second kappa shape index (κ2) is 10.3. The molecule has 1 aliphatic rings. The van der Waals surface area contributed by atoms with Crippen LogP contribution in [-0.4, -0.2) is 59.3 Å². The average Bonchev–Trinajstić information content (AvgIpc) is 3.30. The Hall–Kier alpha value is -3.03. The molecule has 1 aromatic carbocycles. The van der Waals surface area contributed by atoms with E-state index in [0.717, 1.165) is 43.7 Å². The van der Waals surface area contributed by atoms with E-state index in [1.165, 1.54) is 11.1 Å². The number of H-pyrrole nitrogens is 1. The Labute approximate surface area is 182 Å². The van der Waals surface area contributed by atoms with Crippen LogP contribution in [-0.2, 0) is 11.3 Å². The zero-order valence-electron chi connectivity index (χ0n) is 17.9. The van der Waals surface area contributed by atoms with Gasteiger partial charge in [-0.25, -0.2) is 0 Å². The third kappa shape index (κ3) is 5.37. The second-order valence-electron chi connectivity index (χ2n) is 7.96. The molecular formula is C24H29N5O2. The van der Waals surface area contributed by atoms with Gasteiger partial charge in [-0.3, -0.25) is 19.8 Å². The highest BCUT2D eigenvalue weighted by molar-refractivity contribution is 5.95. The van der Waals surface area contributed by atoms with Gasteiger partial charge in [0.2, 0.25) is 0 Å². The standard InChI is InChI=1S/C24H29N5O2/c1-31-12-10-26-24(30)22-15-27-28-23(22)21-8-4-11-29(17-21)16-18-5-2-6-19(13-18)20-7-3-9-25-14-20/h2-3,5-7,9,13-15,21H,4,8,10-12,16-17H2,1H3,(H,26,30)(H,27,28). The van der Waals surface area contributed by atoms with Crippen LogP contribution in [0.3, 0.4) is 0 Å². The van der Waals surface area contributed by atoms with Crippen molar-refractivity contribution < 1.29 is 9.53 Å². The van der Waals surface area contributed by atoms with E-state index in [0.29, 0.717) is 18.7 Å². The lowest BCUT2D eigenvalue weighted by Crippen LogP contribution is -2.35. The molecule has 0 bridgehead atoms. The summed E-state index contributed by atoms with van der Waals surface area (Å²) in [5, 5.41) is 10.1. The first-order chi connectivity index (χ1) is 15.2. The minimum absolute atomic E-state index is 0.0953. The number of likely N-dealkylation sites (tertiary alicyclic amines) is 1. The summed E-state index contributed by atoms with van der Waals surface area (Å²) in [6.45, 7) is 3.82. The molecule has 3 aromatic rings. The van der Waals surface area contributed by atoms with Crippen LogP contribution in [0.25, 0.3) is 11.1 Å². The fraction of sp³-hybridized carbons (Fsp3) is 0.375. The number of carbonyl (C=O) groups excluding carboxylic acids is 1. The molecule has 7 heteroatoms. The SMILES string of the molecule is COCCNC(=O)c1cn[nH]c1C1CCCN(Cc2cccc(-c3cccnc3)c2)C1. The second-order valence-corrected chi connectivity index (χ2v) is 7.96. The van der Waals surface area contributed by atoms with E-state index >= 15 is 0 Å². The zero-order valence-corrected chi connectivity index (χ0v) is 17.9. The quantitative estimate of drug-likeness (QED) is 0.548. The van der Waals surface area contributed by atoms with E-state index < -0.39 is 0 Å². The lowest BCUT2D eigenvalue weighted by molar-refractivity contribution is 0.0934. The number of hydrogen-bond acceptors (Lipinski definition) is 5. The molecule has 0 radical (unpaired) electrons. The lowest BCUT2D eigenvalue weighted by atomic mass is 9.92. The summed E-state index contributed by atoms with van der Waals surface area (Å²) in [5.74, 6) is 0.169. The minimum atomic E-state index is -0.0953. The number of carbonyl (C=O) groups is 1. The molecule has 0 aliphatic carbocycles. The van der Waals surface area contributed by atoms with Gasteiger partial charge >= 0.3 is 0 Å². The predicted octanol–water partition coefficient (Wildman–Crippen LogP) is 3.23. The first kappa shape index (κ1) is 21.2. The summed E-state index contributed by atoms with van der Waals surface area (Å²) in [7, 11) is 1.62. The Kier molecular flexibility index (Phi) is 7.07. The third-order valence-corrected chi connectivity index (χ3v) is 5.75. The lowest BCUT2D eigenvalue weighted by Gasteiger charge is -2.32. The molecule has 31 heavy (non-hydrogen) atoms. The van der Waals surface area contributed by atoms with Crippen LogP contribution in [0.2, 0.25) is 0 Å². The highest BCUT2D eigenvalue weighted by Crippen LogP contribution is 2.29. The summed E-state index contributed by atoms with van der Waals surface area (Å²) in [4.78, 5) is 19.2. The number of aromatic nitrogens is 3. The van der Waals surface area contributed by atoms with Crippen molar-refractivity contribution in [3.8, 4) is 11.1 Å². The summed E-state index contributed by atoms with van der Waals surface area (Å²) < 4.78 is 5.02. The van der Waals surface area contributed by atoms with Gasteiger partial charge in [-0.15, -0.1) is 0 Å². The monoisotopic (exact) mass is 419 g/mol. The fourth-order valence-electron chi connectivity index (χ4n) is 4.23. The number of piperidine rings is 1. The molecule has 0 spiro atoms. The molecule has 1 amide bonds. The largest absolute Gasteiger partial charge is 0.383 e. The zero-order chi connectivity index (χ0) is 21.5. The van der Waals surface area contributed by atoms with Crippen LogP contribution in [0, 0.1) is 0 Å². The van der Waals surface area contributed by atoms with Crippen molar-refractivity contribution in [3.05, 3.63) is 71.8 Å². The average molecular weight is 420 g/mol. The number of aromatic amines is 1. The first-order valence-corrected chi connectivity index (χ1v) is 10.8. The molecule has 7 nitrogen and oxygen atoms in total. The van der Waals surface area contributed by atoms with E-state index in [9.17, 15) is 4.79 Å². The van der Waals surface area contributed by atoms with Gasteiger partial charge < -0.3 is 10.1 Å². The number of hydrogen-bond donors (Lipinski definition) is 2. The number of methoxy groups -OCH3 is 1. The molecule has 1 saturated heterocycles. The van der Waals surface area contributed by atoms with Crippen molar-refractivity contribution in [3.63, 3.8) is 0 Å². The van der Waals surface area contributed by atoms with Crippen LogP contribution in [0.4, 0.5) is 0 Å². The van der Waals surface area contributed by atoms with Crippen LogP contribution < -0.4 is 5.32 Å². The van der Waals surface area contributed by atoms with Gasteiger partial charge in [0.25, 0.3) is 5.91 Å². The Morgan fingerprint density at radius 1 is 1.26 bits per heavy atom. The fourth-order valence-corrected chi connectivity index (χ4v) is 4.23. The van der Waals surface area contributed by atoms with Crippen molar-refractivity contribution in [2.75, 3.05) is 33.4 Å². The van der Waals surface area contributed by atoms with Crippen molar-refractivity contribution in [2.45, 2.75) is 25.3 Å². The van der Waals surface area contributed by atoms with E-state index in [1.807, 2.05) is 12.3 Å². The Bertz CT molecular complexity index is 988. The summed E-state index contributed by atoms with van der Waals surface area (Å²) in [6, 6.07) is 12.7. The van der Waals surface area contributed by atoms with Crippen molar-refractivity contribution >= 4 is 5.91 Å². The van der Waals surface area contributed by atoms with E-state index in [4.69, 9.17) is 4.74 Å². The molecule has 162 valence electrons. The van der Waals surface area contributed by atoms with Crippen LogP contribution >= 0.6 is 0 Å². The first-order valence-electron chi connectivity index (χ1n) is 10.8. The van der Waals surface area contributed by atoms with Crippen LogP contribution in [0.5, 0.6) is 0 Å². The molecule has 4 rings (SSSR count). The number of ether oxygens (including phenoxy) is 1. The smallest absolute Gasteiger partial charge is 0.254 e. The molecule has 2 N–H and O–H groups in total. The van der Waals surface area contributed by atoms with E-state index in [1.54, 1.807) is 19.5 Å². The number of pyridine rings is 1. The van der Waals surface area contributed by atoms with Crippen LogP contribution in [0.15, 0.2) is 55.0 Å². The molecule has 1 aliphatic heterocycles.